The fourth-order valence-electron chi connectivity index (χ4n) is 0.578. The summed E-state index contributed by atoms with van der Waals surface area (Å²) in [6.45, 7) is 1.81. The zero-order chi connectivity index (χ0) is 7.78. The third kappa shape index (κ3) is 1.67. The second kappa shape index (κ2) is 2.47. The van der Waals surface area contributed by atoms with E-state index in [1.54, 1.807) is 6.07 Å². The molecule has 0 atom stereocenters. The van der Waals surface area contributed by atoms with Gasteiger partial charge in [-0.05, 0) is 19.1 Å². The molecular formula is C5H7O3PS. The van der Waals surface area contributed by atoms with Crippen LogP contribution >= 0.6 is 18.9 Å². The zero-order valence-electron chi connectivity index (χ0n) is 5.31. The number of thiophene rings is 1. The highest BCUT2D eigenvalue weighted by Gasteiger charge is 2.18. The zero-order valence-corrected chi connectivity index (χ0v) is 7.02. The molecule has 0 radical (unpaired) electrons. The summed E-state index contributed by atoms with van der Waals surface area (Å²) in [4.78, 5) is 18.2. The monoisotopic (exact) mass is 178 g/mol. The van der Waals surface area contributed by atoms with Crippen molar-refractivity contribution in [3.05, 3.63) is 17.0 Å². The van der Waals surface area contributed by atoms with Crippen LogP contribution in [0, 0.1) is 6.92 Å². The highest BCUT2D eigenvalue weighted by Crippen LogP contribution is 2.35. The van der Waals surface area contributed by atoms with Gasteiger partial charge in [-0.2, -0.15) is 0 Å². The third-order valence-corrected chi connectivity index (χ3v) is 3.53. The largest absolute Gasteiger partial charge is 0.366 e. The van der Waals surface area contributed by atoms with Gasteiger partial charge in [0.15, 0.2) is 0 Å². The van der Waals surface area contributed by atoms with Gasteiger partial charge in [0.1, 0.15) is 4.62 Å². The Balaban J connectivity index is 3.08. The first-order valence-corrected chi connectivity index (χ1v) is 5.05. The van der Waals surface area contributed by atoms with E-state index in [1.807, 2.05) is 6.92 Å². The number of aryl methyl sites for hydroxylation is 1. The molecule has 1 rings (SSSR count). The molecule has 0 saturated carbocycles. The Hall–Kier alpha value is -0.150. The van der Waals surface area contributed by atoms with Crippen molar-refractivity contribution >= 4 is 23.6 Å². The van der Waals surface area contributed by atoms with Gasteiger partial charge in [0.2, 0.25) is 0 Å². The van der Waals surface area contributed by atoms with Crippen LogP contribution in [0.15, 0.2) is 12.1 Å². The van der Waals surface area contributed by atoms with E-state index in [0.29, 0.717) is 0 Å². The van der Waals surface area contributed by atoms with Crippen molar-refractivity contribution in [3.63, 3.8) is 0 Å². The van der Waals surface area contributed by atoms with Crippen molar-refractivity contribution in [2.24, 2.45) is 0 Å². The van der Waals surface area contributed by atoms with E-state index in [4.69, 9.17) is 9.79 Å². The van der Waals surface area contributed by atoms with Crippen LogP contribution in [-0.2, 0) is 4.57 Å². The molecule has 0 spiro atoms. The Morgan fingerprint density at radius 1 is 1.50 bits per heavy atom. The first-order chi connectivity index (χ1) is 4.50. The molecule has 0 unspecified atom stereocenters. The molecule has 0 bridgehead atoms. The molecule has 5 heteroatoms. The molecule has 0 aliphatic rings. The summed E-state index contributed by atoms with van der Waals surface area (Å²) >= 11 is 1.13. The van der Waals surface area contributed by atoms with Crippen LogP contribution in [0.1, 0.15) is 4.88 Å². The molecule has 0 fully saturated rings. The van der Waals surface area contributed by atoms with Crippen molar-refractivity contribution in [3.8, 4) is 0 Å². The predicted octanol–water partition coefficient (Wildman–Crippen LogP) is 0.860. The molecule has 0 amide bonds. The van der Waals surface area contributed by atoms with Crippen LogP contribution in [-0.4, -0.2) is 9.79 Å². The van der Waals surface area contributed by atoms with Crippen LogP contribution < -0.4 is 4.62 Å². The van der Waals surface area contributed by atoms with Gasteiger partial charge in [-0.15, -0.1) is 11.3 Å². The lowest BCUT2D eigenvalue weighted by Gasteiger charge is -1.96. The molecule has 56 valence electrons. The SMILES string of the molecule is Cc1ccc(P(=O)(O)O)s1. The van der Waals surface area contributed by atoms with Gasteiger partial charge in [0.05, 0.1) is 0 Å². The molecule has 1 heterocycles. The van der Waals surface area contributed by atoms with Crippen molar-refractivity contribution in [1.82, 2.24) is 0 Å². The van der Waals surface area contributed by atoms with Gasteiger partial charge in [-0.3, -0.25) is 4.57 Å². The molecule has 10 heavy (non-hydrogen) atoms. The summed E-state index contributed by atoms with van der Waals surface area (Å²) in [6.07, 6.45) is 0. The van der Waals surface area contributed by atoms with Gasteiger partial charge in [0.25, 0.3) is 0 Å². The topological polar surface area (TPSA) is 57.5 Å². The molecule has 2 N–H and O–H groups in total. The summed E-state index contributed by atoms with van der Waals surface area (Å²) < 4.78 is 10.7. The summed E-state index contributed by atoms with van der Waals surface area (Å²) in [5.74, 6) is 0. The first-order valence-electron chi connectivity index (χ1n) is 2.63. The van der Waals surface area contributed by atoms with Crippen LogP contribution in [0.3, 0.4) is 0 Å². The van der Waals surface area contributed by atoms with E-state index < -0.39 is 7.60 Å². The van der Waals surface area contributed by atoms with Gasteiger partial charge in [-0.1, -0.05) is 0 Å². The lowest BCUT2D eigenvalue weighted by atomic mass is 10.5. The smallest absolute Gasteiger partial charge is 0.320 e. The minimum absolute atomic E-state index is 0.144. The summed E-state index contributed by atoms with van der Waals surface area (Å²) in [5.41, 5.74) is 0. The van der Waals surface area contributed by atoms with Crippen LogP contribution in [0.5, 0.6) is 0 Å². The van der Waals surface area contributed by atoms with Gasteiger partial charge < -0.3 is 9.79 Å². The average molecular weight is 178 g/mol. The van der Waals surface area contributed by atoms with E-state index in [2.05, 4.69) is 0 Å². The van der Waals surface area contributed by atoms with Gasteiger partial charge in [0, 0.05) is 4.88 Å². The van der Waals surface area contributed by atoms with Crippen molar-refractivity contribution < 1.29 is 14.4 Å². The van der Waals surface area contributed by atoms with Crippen molar-refractivity contribution in [2.45, 2.75) is 6.92 Å². The molecule has 1 aromatic rings. The fraction of sp³-hybridized carbons (Fsp3) is 0.200. The predicted molar refractivity (Wildman–Crippen MR) is 40.7 cm³/mol. The highest BCUT2D eigenvalue weighted by atomic mass is 32.1. The number of hydrogen-bond donors (Lipinski definition) is 2. The molecule has 0 aliphatic heterocycles. The fourth-order valence-corrected chi connectivity index (χ4v) is 2.36. The minimum Gasteiger partial charge on any atom is -0.320 e. The molecular weight excluding hydrogens is 171 g/mol. The van der Waals surface area contributed by atoms with Crippen LogP contribution in [0.25, 0.3) is 0 Å². The average Bonchev–Trinajstić information content (AvgIpc) is 2.11. The Kier molecular flexibility index (Phi) is 1.97. The van der Waals surface area contributed by atoms with Crippen molar-refractivity contribution in [1.29, 1.82) is 0 Å². The quantitative estimate of drug-likeness (QED) is 0.627. The molecule has 0 saturated heterocycles. The maximum absolute atomic E-state index is 10.6. The van der Waals surface area contributed by atoms with E-state index in [0.717, 1.165) is 16.2 Å². The Morgan fingerprint density at radius 2 is 2.10 bits per heavy atom. The number of hydrogen-bond acceptors (Lipinski definition) is 2. The van der Waals surface area contributed by atoms with Gasteiger partial charge in [-0.25, -0.2) is 0 Å². The molecule has 0 aromatic carbocycles. The van der Waals surface area contributed by atoms with E-state index in [1.165, 1.54) is 6.07 Å². The maximum Gasteiger partial charge on any atom is 0.366 e. The summed E-state index contributed by atoms with van der Waals surface area (Å²) in [7, 11) is -3.98. The highest BCUT2D eigenvalue weighted by molar-refractivity contribution is 7.67. The number of rotatable bonds is 1. The Morgan fingerprint density at radius 3 is 2.30 bits per heavy atom. The standard InChI is InChI=1S/C5H7O3PS/c1-4-2-3-5(10-4)9(6,7)8/h2-3H,1H3,(H2,6,7,8). The molecule has 1 aromatic heterocycles. The molecule has 3 nitrogen and oxygen atoms in total. The normalized spacial score (nSPS) is 11.9. The molecule has 0 aliphatic carbocycles. The second-order valence-electron chi connectivity index (χ2n) is 1.93. The van der Waals surface area contributed by atoms with Gasteiger partial charge >= 0.3 is 7.60 Å². The van der Waals surface area contributed by atoms with E-state index in [9.17, 15) is 4.57 Å². The lowest BCUT2D eigenvalue weighted by molar-refractivity contribution is 0.388. The van der Waals surface area contributed by atoms with E-state index in [-0.39, 0.29) is 4.62 Å². The second-order valence-corrected chi connectivity index (χ2v) is 5.09. The first kappa shape index (κ1) is 7.95. The third-order valence-electron chi connectivity index (χ3n) is 1.01. The Bertz CT molecular complexity index is 274. The van der Waals surface area contributed by atoms with Crippen LogP contribution in [0.4, 0.5) is 0 Å². The maximum atomic E-state index is 10.6. The summed E-state index contributed by atoms with van der Waals surface area (Å²) in [5, 5.41) is 0. The van der Waals surface area contributed by atoms with E-state index >= 15 is 0 Å². The van der Waals surface area contributed by atoms with Crippen LogP contribution in [0.2, 0.25) is 0 Å². The summed E-state index contributed by atoms with van der Waals surface area (Å²) in [6, 6.07) is 3.15. The van der Waals surface area contributed by atoms with Crippen molar-refractivity contribution in [2.75, 3.05) is 0 Å². The lowest BCUT2D eigenvalue weighted by Crippen LogP contribution is -1.94. The minimum atomic E-state index is -3.98. The Labute approximate surface area is 62.5 Å².